The molecule has 1 atom stereocenters. The van der Waals surface area contributed by atoms with Crippen LogP contribution >= 0.6 is 11.3 Å². The van der Waals surface area contributed by atoms with E-state index in [0.29, 0.717) is 5.41 Å². The molecule has 0 radical (unpaired) electrons. The molecule has 1 unspecified atom stereocenters. The first-order chi connectivity index (χ1) is 8.04. The summed E-state index contributed by atoms with van der Waals surface area (Å²) < 4.78 is 0. The number of hydrogen-bond donors (Lipinski definition) is 1. The van der Waals surface area contributed by atoms with Gasteiger partial charge in [-0.2, -0.15) is 0 Å². The Bertz CT molecular complexity index is 364. The number of nitrogens with zero attached hydrogens (tertiary/aromatic N) is 2. The maximum absolute atomic E-state index is 5.85. The molecule has 4 heteroatoms. The van der Waals surface area contributed by atoms with Gasteiger partial charge in [-0.25, -0.2) is 4.98 Å². The lowest BCUT2D eigenvalue weighted by Crippen LogP contribution is -2.38. The zero-order valence-electron chi connectivity index (χ0n) is 11.1. The highest BCUT2D eigenvalue weighted by molar-refractivity contribution is 7.13. The van der Waals surface area contributed by atoms with E-state index in [9.17, 15) is 0 Å². The van der Waals surface area contributed by atoms with Crippen LogP contribution in [0.1, 0.15) is 51.8 Å². The molecule has 2 heterocycles. The zero-order valence-corrected chi connectivity index (χ0v) is 11.9. The standard InChI is InChI=1S/C13H23N3S/c1-4-13(3)5-7-16(8-6-13)12-15-11(9-17-12)10(2)14/h9-10H,4-8,14H2,1-3H3. The predicted molar refractivity (Wildman–Crippen MR) is 74.6 cm³/mol. The molecule has 3 nitrogen and oxygen atoms in total. The van der Waals surface area contributed by atoms with Gasteiger partial charge in [-0.1, -0.05) is 20.3 Å². The number of rotatable bonds is 3. The maximum Gasteiger partial charge on any atom is 0.185 e. The fourth-order valence-corrected chi connectivity index (χ4v) is 3.21. The third-order valence-corrected chi connectivity index (χ3v) is 4.99. The van der Waals surface area contributed by atoms with Gasteiger partial charge >= 0.3 is 0 Å². The molecular formula is C13H23N3S. The van der Waals surface area contributed by atoms with Crippen molar-refractivity contribution in [3.63, 3.8) is 0 Å². The van der Waals surface area contributed by atoms with Crippen molar-refractivity contribution in [3.8, 4) is 0 Å². The smallest absolute Gasteiger partial charge is 0.185 e. The first-order valence-electron chi connectivity index (χ1n) is 6.50. The molecule has 0 aromatic carbocycles. The van der Waals surface area contributed by atoms with Crippen molar-refractivity contribution in [1.29, 1.82) is 0 Å². The molecule has 2 rings (SSSR count). The Balaban J connectivity index is 2.00. The van der Waals surface area contributed by atoms with Gasteiger partial charge in [-0.05, 0) is 25.2 Å². The van der Waals surface area contributed by atoms with Crippen molar-refractivity contribution in [1.82, 2.24) is 4.98 Å². The van der Waals surface area contributed by atoms with Gasteiger partial charge in [0.05, 0.1) is 5.69 Å². The van der Waals surface area contributed by atoms with E-state index in [0.717, 1.165) is 23.9 Å². The quantitative estimate of drug-likeness (QED) is 0.899. The molecule has 1 fully saturated rings. The van der Waals surface area contributed by atoms with E-state index in [1.807, 2.05) is 6.92 Å². The summed E-state index contributed by atoms with van der Waals surface area (Å²) in [6.07, 6.45) is 3.83. The molecule has 2 N–H and O–H groups in total. The minimum Gasteiger partial charge on any atom is -0.348 e. The van der Waals surface area contributed by atoms with Crippen molar-refractivity contribution in [2.24, 2.45) is 11.1 Å². The normalized spacial score (nSPS) is 21.5. The second kappa shape index (κ2) is 4.94. The first kappa shape index (κ1) is 12.8. The average molecular weight is 253 g/mol. The van der Waals surface area contributed by atoms with Crippen LogP contribution in [0.15, 0.2) is 5.38 Å². The van der Waals surface area contributed by atoms with Crippen molar-refractivity contribution < 1.29 is 0 Å². The first-order valence-corrected chi connectivity index (χ1v) is 7.38. The van der Waals surface area contributed by atoms with Gasteiger partial charge in [0.1, 0.15) is 0 Å². The van der Waals surface area contributed by atoms with Crippen LogP contribution in [-0.4, -0.2) is 18.1 Å². The van der Waals surface area contributed by atoms with Gasteiger partial charge in [-0.15, -0.1) is 11.3 Å². The number of hydrogen-bond acceptors (Lipinski definition) is 4. The summed E-state index contributed by atoms with van der Waals surface area (Å²) in [6.45, 7) is 8.96. The largest absolute Gasteiger partial charge is 0.348 e. The summed E-state index contributed by atoms with van der Waals surface area (Å²) in [5.41, 5.74) is 7.41. The molecule has 1 aliphatic heterocycles. The summed E-state index contributed by atoms with van der Waals surface area (Å²) in [5.74, 6) is 0. The Morgan fingerprint density at radius 2 is 2.18 bits per heavy atom. The molecule has 1 aliphatic rings. The van der Waals surface area contributed by atoms with Gasteiger partial charge in [-0.3, -0.25) is 0 Å². The Morgan fingerprint density at radius 3 is 2.65 bits per heavy atom. The monoisotopic (exact) mass is 253 g/mol. The van der Waals surface area contributed by atoms with E-state index in [1.165, 1.54) is 19.3 Å². The molecule has 0 aliphatic carbocycles. The van der Waals surface area contributed by atoms with Crippen molar-refractivity contribution >= 4 is 16.5 Å². The fourth-order valence-electron chi connectivity index (χ4n) is 2.22. The van der Waals surface area contributed by atoms with Gasteiger partial charge < -0.3 is 10.6 Å². The van der Waals surface area contributed by atoms with Gasteiger partial charge in [0.15, 0.2) is 5.13 Å². The van der Waals surface area contributed by atoms with E-state index in [4.69, 9.17) is 5.73 Å². The van der Waals surface area contributed by atoms with Crippen LogP contribution in [0.5, 0.6) is 0 Å². The minimum absolute atomic E-state index is 0.0469. The Hall–Kier alpha value is -0.610. The molecule has 0 spiro atoms. The Labute approximate surface area is 108 Å². The maximum atomic E-state index is 5.85. The Kier molecular flexibility index (Phi) is 3.73. The number of anilines is 1. The van der Waals surface area contributed by atoms with E-state index in [2.05, 4.69) is 29.1 Å². The predicted octanol–water partition coefficient (Wildman–Crippen LogP) is 3.18. The molecule has 17 heavy (non-hydrogen) atoms. The molecule has 96 valence electrons. The molecule has 1 aromatic rings. The second-order valence-corrected chi connectivity index (χ2v) is 6.33. The van der Waals surface area contributed by atoms with Crippen LogP contribution < -0.4 is 10.6 Å². The summed E-state index contributed by atoms with van der Waals surface area (Å²) in [4.78, 5) is 7.04. The van der Waals surface area contributed by atoms with E-state index in [-0.39, 0.29) is 6.04 Å². The lowest BCUT2D eigenvalue weighted by Gasteiger charge is -2.38. The minimum atomic E-state index is 0.0469. The number of piperidine rings is 1. The van der Waals surface area contributed by atoms with Gasteiger partial charge in [0, 0.05) is 24.5 Å². The van der Waals surface area contributed by atoms with Gasteiger partial charge in [0.25, 0.3) is 0 Å². The number of nitrogens with two attached hydrogens (primary N) is 1. The lowest BCUT2D eigenvalue weighted by molar-refractivity contribution is 0.238. The molecule has 1 saturated heterocycles. The average Bonchev–Trinajstić information content (AvgIpc) is 2.79. The second-order valence-electron chi connectivity index (χ2n) is 5.49. The van der Waals surface area contributed by atoms with Crippen LogP contribution in [0.4, 0.5) is 5.13 Å². The molecule has 0 amide bonds. The fraction of sp³-hybridized carbons (Fsp3) is 0.769. The molecular weight excluding hydrogens is 230 g/mol. The molecule has 0 saturated carbocycles. The SMILES string of the molecule is CCC1(C)CCN(c2nc(C(C)N)cs2)CC1. The van der Waals surface area contributed by atoms with Crippen LogP contribution in [0.2, 0.25) is 0 Å². The van der Waals surface area contributed by atoms with Crippen molar-refractivity contribution in [2.75, 3.05) is 18.0 Å². The molecule has 1 aromatic heterocycles. The summed E-state index contributed by atoms with van der Waals surface area (Å²) in [6, 6.07) is 0.0469. The Morgan fingerprint density at radius 1 is 1.53 bits per heavy atom. The van der Waals surface area contributed by atoms with Crippen LogP contribution in [0, 0.1) is 5.41 Å². The van der Waals surface area contributed by atoms with Crippen LogP contribution in [0.3, 0.4) is 0 Å². The van der Waals surface area contributed by atoms with Crippen molar-refractivity contribution in [3.05, 3.63) is 11.1 Å². The highest BCUT2D eigenvalue weighted by Gasteiger charge is 2.29. The van der Waals surface area contributed by atoms with E-state index in [1.54, 1.807) is 11.3 Å². The van der Waals surface area contributed by atoms with Gasteiger partial charge in [0.2, 0.25) is 0 Å². The number of thiazole rings is 1. The van der Waals surface area contributed by atoms with Crippen LogP contribution in [-0.2, 0) is 0 Å². The summed E-state index contributed by atoms with van der Waals surface area (Å²) >= 11 is 1.73. The summed E-state index contributed by atoms with van der Waals surface area (Å²) in [5, 5.41) is 3.24. The lowest BCUT2D eigenvalue weighted by atomic mass is 9.78. The van der Waals surface area contributed by atoms with E-state index >= 15 is 0 Å². The number of aromatic nitrogens is 1. The third-order valence-electron chi connectivity index (χ3n) is 4.07. The third kappa shape index (κ3) is 2.80. The highest BCUT2D eigenvalue weighted by Crippen LogP contribution is 2.36. The summed E-state index contributed by atoms with van der Waals surface area (Å²) in [7, 11) is 0. The molecule has 0 bridgehead atoms. The van der Waals surface area contributed by atoms with Crippen molar-refractivity contribution in [2.45, 2.75) is 46.1 Å². The highest BCUT2D eigenvalue weighted by atomic mass is 32.1. The van der Waals surface area contributed by atoms with E-state index < -0.39 is 0 Å². The zero-order chi connectivity index (χ0) is 12.5. The topological polar surface area (TPSA) is 42.2 Å². The van der Waals surface area contributed by atoms with Crippen LogP contribution in [0.25, 0.3) is 0 Å².